The molecule has 0 saturated heterocycles. The summed E-state index contributed by atoms with van der Waals surface area (Å²) in [6, 6.07) is 0. The van der Waals surface area contributed by atoms with Gasteiger partial charge in [0.2, 0.25) is 0 Å². The Hall–Kier alpha value is -1.16. The molecule has 4 heteroatoms. The average molecular weight is 275 g/mol. The van der Waals surface area contributed by atoms with Gasteiger partial charge in [0.1, 0.15) is 16.5 Å². The van der Waals surface area contributed by atoms with E-state index in [0.29, 0.717) is 0 Å². The molecule has 0 bridgehead atoms. The summed E-state index contributed by atoms with van der Waals surface area (Å²) in [4.78, 5) is 12.1. The van der Waals surface area contributed by atoms with Crippen molar-refractivity contribution >= 4 is 27.4 Å². The number of thiophene rings is 1. The molecule has 0 aromatic carbocycles. The van der Waals surface area contributed by atoms with Gasteiger partial charge in [0.25, 0.3) is 0 Å². The number of hydrogen-bond acceptors (Lipinski definition) is 4. The Kier molecular flexibility index (Phi) is 3.44. The van der Waals surface area contributed by atoms with E-state index in [2.05, 4.69) is 26.1 Å². The van der Waals surface area contributed by atoms with Crippen LogP contribution >= 0.6 is 11.3 Å². The van der Waals surface area contributed by atoms with Gasteiger partial charge >= 0.3 is 0 Å². The molecule has 1 N–H and O–H groups in total. The summed E-state index contributed by atoms with van der Waals surface area (Å²) in [5.74, 6) is 2.90. The van der Waals surface area contributed by atoms with Crippen molar-refractivity contribution in [2.75, 3.05) is 11.9 Å². The van der Waals surface area contributed by atoms with Crippen LogP contribution in [-0.2, 0) is 6.42 Å². The van der Waals surface area contributed by atoms with Gasteiger partial charge in [-0.15, -0.1) is 11.3 Å². The molecule has 0 unspecified atom stereocenters. The van der Waals surface area contributed by atoms with Crippen LogP contribution in [0.15, 0.2) is 0 Å². The average Bonchev–Trinajstić information content (AvgIpc) is 3.14. The van der Waals surface area contributed by atoms with Gasteiger partial charge in [-0.1, -0.05) is 6.92 Å². The number of aromatic nitrogens is 2. The molecule has 1 saturated carbocycles. The summed E-state index contributed by atoms with van der Waals surface area (Å²) >= 11 is 1.80. The molecule has 2 aromatic heterocycles. The Morgan fingerprint density at radius 3 is 2.74 bits per heavy atom. The van der Waals surface area contributed by atoms with E-state index in [1.54, 1.807) is 11.3 Å². The van der Waals surface area contributed by atoms with Gasteiger partial charge in [0, 0.05) is 17.8 Å². The summed E-state index contributed by atoms with van der Waals surface area (Å²) < 4.78 is 0. The Labute approximate surface area is 118 Å². The molecule has 2 heterocycles. The normalized spacial score (nSPS) is 15.1. The zero-order valence-electron chi connectivity index (χ0n) is 11.9. The van der Waals surface area contributed by atoms with Crippen LogP contribution in [0.25, 0.3) is 10.2 Å². The summed E-state index contributed by atoms with van der Waals surface area (Å²) in [6.45, 7) is 7.51. The van der Waals surface area contributed by atoms with Crippen molar-refractivity contribution in [2.45, 2.75) is 46.5 Å². The van der Waals surface area contributed by atoms with Crippen molar-refractivity contribution in [1.29, 1.82) is 0 Å². The Morgan fingerprint density at radius 1 is 1.26 bits per heavy atom. The van der Waals surface area contributed by atoms with Gasteiger partial charge in [0.15, 0.2) is 0 Å². The van der Waals surface area contributed by atoms with Crippen LogP contribution < -0.4 is 5.32 Å². The number of aryl methyl sites for hydroxylation is 2. The van der Waals surface area contributed by atoms with Crippen molar-refractivity contribution < 1.29 is 0 Å². The van der Waals surface area contributed by atoms with Crippen LogP contribution in [0.4, 0.5) is 5.82 Å². The molecule has 0 radical (unpaired) electrons. The third kappa shape index (κ3) is 2.59. The lowest BCUT2D eigenvalue weighted by atomic mass is 10.2. The van der Waals surface area contributed by atoms with Gasteiger partial charge in [0.05, 0.1) is 5.39 Å². The van der Waals surface area contributed by atoms with Gasteiger partial charge in [-0.05, 0) is 44.6 Å². The maximum atomic E-state index is 4.78. The summed E-state index contributed by atoms with van der Waals surface area (Å²) in [5.41, 5.74) is 1.33. The first kappa shape index (κ1) is 12.9. The molecule has 3 rings (SSSR count). The molecule has 1 fully saturated rings. The lowest BCUT2D eigenvalue weighted by Gasteiger charge is -2.08. The number of hydrogen-bond donors (Lipinski definition) is 1. The fraction of sp³-hybridized carbons (Fsp3) is 0.600. The minimum atomic E-state index is 0.832. The molecular weight excluding hydrogens is 254 g/mol. The van der Waals surface area contributed by atoms with Crippen LogP contribution in [0, 0.1) is 19.8 Å². The second kappa shape index (κ2) is 5.08. The van der Waals surface area contributed by atoms with Crippen LogP contribution in [-0.4, -0.2) is 16.5 Å². The fourth-order valence-electron chi connectivity index (χ4n) is 2.34. The lowest BCUT2D eigenvalue weighted by molar-refractivity contribution is 0.776. The highest BCUT2D eigenvalue weighted by Gasteiger charge is 2.24. The van der Waals surface area contributed by atoms with E-state index in [9.17, 15) is 0 Å². The second-order valence-corrected chi connectivity index (χ2v) is 6.73. The third-order valence-corrected chi connectivity index (χ3v) is 4.89. The summed E-state index contributed by atoms with van der Waals surface area (Å²) in [6.07, 6.45) is 4.86. The fourth-order valence-corrected chi connectivity index (χ4v) is 3.38. The number of rotatable bonds is 5. The minimum absolute atomic E-state index is 0.832. The summed E-state index contributed by atoms with van der Waals surface area (Å²) in [5, 5.41) is 4.71. The van der Waals surface area contributed by atoms with E-state index in [1.165, 1.54) is 28.7 Å². The largest absolute Gasteiger partial charge is 0.369 e. The zero-order valence-corrected chi connectivity index (χ0v) is 12.7. The highest BCUT2D eigenvalue weighted by Crippen LogP contribution is 2.36. The van der Waals surface area contributed by atoms with E-state index in [1.807, 2.05) is 0 Å². The van der Waals surface area contributed by atoms with E-state index >= 15 is 0 Å². The van der Waals surface area contributed by atoms with Crippen LogP contribution in [0.2, 0.25) is 0 Å². The molecule has 19 heavy (non-hydrogen) atoms. The Balaban J connectivity index is 2.04. The topological polar surface area (TPSA) is 37.8 Å². The van der Waals surface area contributed by atoms with Crippen LogP contribution in [0.5, 0.6) is 0 Å². The van der Waals surface area contributed by atoms with Crippen LogP contribution in [0.3, 0.4) is 0 Å². The maximum Gasteiger partial charge on any atom is 0.138 e. The van der Waals surface area contributed by atoms with Crippen molar-refractivity contribution in [1.82, 2.24) is 9.97 Å². The number of anilines is 1. The van der Waals surface area contributed by atoms with E-state index in [4.69, 9.17) is 9.97 Å². The monoisotopic (exact) mass is 275 g/mol. The van der Waals surface area contributed by atoms with Crippen molar-refractivity contribution in [2.24, 2.45) is 5.92 Å². The summed E-state index contributed by atoms with van der Waals surface area (Å²) in [7, 11) is 0. The Morgan fingerprint density at radius 2 is 2.05 bits per heavy atom. The second-order valence-electron chi connectivity index (χ2n) is 5.53. The number of nitrogens with one attached hydrogen (secondary N) is 1. The molecule has 1 aliphatic carbocycles. The first-order valence-electron chi connectivity index (χ1n) is 7.19. The predicted molar refractivity (Wildman–Crippen MR) is 82.1 cm³/mol. The maximum absolute atomic E-state index is 4.78. The van der Waals surface area contributed by atoms with E-state index in [-0.39, 0.29) is 0 Å². The highest BCUT2D eigenvalue weighted by atomic mass is 32.1. The molecule has 3 nitrogen and oxygen atoms in total. The molecular formula is C15H21N3S. The SMILES string of the molecule is CCCNc1nc(CC2CC2)nc2sc(C)c(C)c12. The highest BCUT2D eigenvalue weighted by molar-refractivity contribution is 7.18. The lowest BCUT2D eigenvalue weighted by Crippen LogP contribution is -2.06. The smallest absolute Gasteiger partial charge is 0.138 e. The van der Waals surface area contributed by atoms with Gasteiger partial charge in [-0.25, -0.2) is 9.97 Å². The molecule has 2 aromatic rings. The molecule has 0 atom stereocenters. The molecule has 102 valence electrons. The van der Waals surface area contributed by atoms with Crippen molar-refractivity contribution in [3.63, 3.8) is 0 Å². The van der Waals surface area contributed by atoms with Crippen molar-refractivity contribution in [3.8, 4) is 0 Å². The molecule has 0 aliphatic heterocycles. The Bertz CT molecular complexity index is 599. The standard InChI is InChI=1S/C15H21N3S/c1-4-7-16-14-13-9(2)10(3)19-15(13)18-12(17-14)8-11-5-6-11/h11H,4-8H2,1-3H3,(H,16,17,18). The number of nitrogens with zero attached hydrogens (tertiary/aromatic N) is 2. The molecule has 0 spiro atoms. The zero-order chi connectivity index (χ0) is 13.4. The molecule has 0 amide bonds. The van der Waals surface area contributed by atoms with E-state index < -0.39 is 0 Å². The minimum Gasteiger partial charge on any atom is -0.369 e. The first-order valence-corrected chi connectivity index (χ1v) is 8.01. The number of fused-ring (bicyclic) bond motifs is 1. The van der Waals surface area contributed by atoms with Gasteiger partial charge in [-0.3, -0.25) is 0 Å². The quantitative estimate of drug-likeness (QED) is 0.893. The predicted octanol–water partition coefficient (Wildman–Crippen LogP) is 4.08. The first-order chi connectivity index (χ1) is 9.19. The van der Waals surface area contributed by atoms with Crippen molar-refractivity contribution in [3.05, 3.63) is 16.3 Å². The van der Waals surface area contributed by atoms with Gasteiger partial charge < -0.3 is 5.32 Å². The van der Waals surface area contributed by atoms with Crippen LogP contribution in [0.1, 0.15) is 42.5 Å². The molecule has 1 aliphatic rings. The van der Waals surface area contributed by atoms with E-state index in [0.717, 1.165) is 41.8 Å². The third-order valence-electron chi connectivity index (χ3n) is 3.79. The van der Waals surface area contributed by atoms with Gasteiger partial charge in [-0.2, -0.15) is 0 Å².